The zero-order valence-electron chi connectivity index (χ0n) is 15.8. The predicted octanol–water partition coefficient (Wildman–Crippen LogP) is 3.42. The molecule has 136 valence electrons. The minimum Gasteiger partial charge on any atom is -0.493 e. The first-order chi connectivity index (χ1) is 11.2. The van der Waals surface area contributed by atoms with Crippen LogP contribution in [0, 0.1) is 5.92 Å². The Morgan fingerprint density at radius 2 is 1.96 bits per heavy atom. The molecule has 3 N–H and O–H groups in total. The Morgan fingerprint density at radius 3 is 2.50 bits per heavy atom. The monoisotopic (exact) mass is 336 g/mol. The first kappa shape index (κ1) is 20.3. The minimum atomic E-state index is -0.854. The number of hydrogen-bond donors (Lipinski definition) is 2. The molecule has 0 aliphatic rings. The molecule has 1 aromatic rings. The second-order valence-electron chi connectivity index (χ2n) is 6.98. The molecule has 24 heavy (non-hydrogen) atoms. The highest BCUT2D eigenvalue weighted by molar-refractivity contribution is 5.85. The summed E-state index contributed by atoms with van der Waals surface area (Å²) in [5.74, 6) is 1.67. The Bertz CT molecular complexity index is 541. The summed E-state index contributed by atoms with van der Waals surface area (Å²) in [5, 5.41) is 2.98. The molecule has 0 radical (unpaired) electrons. The number of methoxy groups -OCH3 is 1. The summed E-state index contributed by atoms with van der Waals surface area (Å²) in [6.07, 6.45) is 1.52. The molecule has 0 saturated carbocycles. The molecule has 2 unspecified atom stereocenters. The molecule has 0 saturated heterocycles. The number of rotatable bonds is 9. The molecule has 0 heterocycles. The van der Waals surface area contributed by atoms with Gasteiger partial charge in [0.05, 0.1) is 25.3 Å². The van der Waals surface area contributed by atoms with Crippen molar-refractivity contribution in [3.8, 4) is 11.5 Å². The van der Waals surface area contributed by atoms with E-state index in [-0.39, 0.29) is 11.9 Å². The van der Waals surface area contributed by atoms with Gasteiger partial charge in [-0.15, -0.1) is 0 Å². The zero-order chi connectivity index (χ0) is 18.3. The topological polar surface area (TPSA) is 73.6 Å². The summed E-state index contributed by atoms with van der Waals surface area (Å²) < 4.78 is 11.2. The predicted molar refractivity (Wildman–Crippen MR) is 97.4 cm³/mol. The molecule has 0 aromatic heterocycles. The van der Waals surface area contributed by atoms with Crippen LogP contribution in [0.4, 0.5) is 0 Å². The Kier molecular flexibility index (Phi) is 7.55. The molecule has 1 rings (SSSR count). The average Bonchev–Trinajstić information content (AvgIpc) is 2.52. The summed E-state index contributed by atoms with van der Waals surface area (Å²) in [6, 6.07) is 5.56. The summed E-state index contributed by atoms with van der Waals surface area (Å²) >= 11 is 0. The number of hydrogen-bond acceptors (Lipinski definition) is 4. The molecule has 0 spiro atoms. The molecule has 0 bridgehead atoms. The van der Waals surface area contributed by atoms with E-state index in [9.17, 15) is 4.79 Å². The SMILES string of the molecule is CCCC(C)(N)C(=O)NC(C)c1ccc(OCC(C)C)c(OC)c1. The van der Waals surface area contributed by atoms with E-state index in [1.54, 1.807) is 14.0 Å². The number of nitrogens with one attached hydrogen (secondary N) is 1. The lowest BCUT2D eigenvalue weighted by Crippen LogP contribution is -2.52. The average molecular weight is 336 g/mol. The smallest absolute Gasteiger partial charge is 0.240 e. The Labute approximate surface area is 145 Å². The fraction of sp³-hybridized carbons (Fsp3) is 0.632. The highest BCUT2D eigenvalue weighted by Crippen LogP contribution is 2.30. The van der Waals surface area contributed by atoms with Crippen molar-refractivity contribution in [2.45, 2.75) is 59.0 Å². The summed E-state index contributed by atoms with van der Waals surface area (Å²) in [7, 11) is 1.61. The van der Waals surface area contributed by atoms with Gasteiger partial charge in [-0.2, -0.15) is 0 Å². The van der Waals surface area contributed by atoms with Gasteiger partial charge < -0.3 is 20.5 Å². The maximum Gasteiger partial charge on any atom is 0.240 e. The van der Waals surface area contributed by atoms with Gasteiger partial charge in [-0.3, -0.25) is 4.79 Å². The largest absolute Gasteiger partial charge is 0.493 e. The molecule has 0 aliphatic carbocycles. The van der Waals surface area contributed by atoms with Crippen LogP contribution in [0.15, 0.2) is 18.2 Å². The fourth-order valence-electron chi connectivity index (χ4n) is 2.41. The standard InChI is InChI=1S/C19H32N2O3/c1-7-10-19(5,20)18(22)21-14(4)15-8-9-16(17(11-15)23-6)24-12-13(2)3/h8-9,11,13-14H,7,10,12,20H2,1-6H3,(H,21,22). The second kappa shape index (κ2) is 8.92. The van der Waals surface area contributed by atoms with Crippen molar-refractivity contribution in [2.24, 2.45) is 11.7 Å². The molecule has 0 fully saturated rings. The molecular formula is C19H32N2O3. The van der Waals surface area contributed by atoms with Crippen molar-refractivity contribution >= 4 is 5.91 Å². The van der Waals surface area contributed by atoms with Gasteiger partial charge in [0.1, 0.15) is 0 Å². The molecule has 1 aromatic carbocycles. The highest BCUT2D eigenvalue weighted by Gasteiger charge is 2.28. The molecule has 5 heteroatoms. The van der Waals surface area contributed by atoms with Crippen LogP contribution in [0.1, 0.15) is 59.1 Å². The lowest BCUT2D eigenvalue weighted by atomic mass is 9.95. The number of benzene rings is 1. The van der Waals surface area contributed by atoms with E-state index in [0.717, 1.165) is 12.0 Å². The number of ether oxygens (including phenoxy) is 2. The van der Waals surface area contributed by atoms with Gasteiger partial charge in [-0.1, -0.05) is 33.3 Å². The maximum absolute atomic E-state index is 12.3. The van der Waals surface area contributed by atoms with E-state index < -0.39 is 5.54 Å². The Balaban J connectivity index is 2.84. The van der Waals surface area contributed by atoms with Crippen LogP contribution in [0.25, 0.3) is 0 Å². The van der Waals surface area contributed by atoms with Crippen molar-refractivity contribution in [1.29, 1.82) is 0 Å². The van der Waals surface area contributed by atoms with Gasteiger partial charge in [-0.05, 0) is 43.9 Å². The van der Waals surface area contributed by atoms with Gasteiger partial charge in [0.2, 0.25) is 5.91 Å². The fourth-order valence-corrected chi connectivity index (χ4v) is 2.41. The van der Waals surface area contributed by atoms with E-state index in [4.69, 9.17) is 15.2 Å². The van der Waals surface area contributed by atoms with Gasteiger partial charge >= 0.3 is 0 Å². The Morgan fingerprint density at radius 1 is 1.29 bits per heavy atom. The van der Waals surface area contributed by atoms with Crippen molar-refractivity contribution in [1.82, 2.24) is 5.32 Å². The third kappa shape index (κ3) is 5.71. The van der Waals surface area contributed by atoms with Crippen LogP contribution in [-0.4, -0.2) is 25.2 Å². The lowest BCUT2D eigenvalue weighted by Gasteiger charge is -2.26. The van der Waals surface area contributed by atoms with Gasteiger partial charge in [-0.25, -0.2) is 0 Å². The first-order valence-electron chi connectivity index (χ1n) is 8.61. The third-order valence-electron chi connectivity index (χ3n) is 3.90. The number of carbonyl (C=O) groups is 1. The number of carbonyl (C=O) groups excluding carboxylic acids is 1. The molecular weight excluding hydrogens is 304 g/mol. The third-order valence-corrected chi connectivity index (χ3v) is 3.90. The van der Waals surface area contributed by atoms with E-state index in [1.165, 1.54) is 0 Å². The van der Waals surface area contributed by atoms with Crippen LogP contribution in [0.2, 0.25) is 0 Å². The van der Waals surface area contributed by atoms with E-state index in [0.29, 0.717) is 30.4 Å². The Hall–Kier alpha value is -1.75. The van der Waals surface area contributed by atoms with Crippen molar-refractivity contribution in [3.63, 3.8) is 0 Å². The summed E-state index contributed by atoms with van der Waals surface area (Å²) in [4.78, 5) is 12.3. The number of nitrogens with two attached hydrogens (primary N) is 1. The zero-order valence-corrected chi connectivity index (χ0v) is 15.8. The maximum atomic E-state index is 12.3. The highest BCUT2D eigenvalue weighted by atomic mass is 16.5. The van der Waals surface area contributed by atoms with E-state index >= 15 is 0 Å². The van der Waals surface area contributed by atoms with Crippen LogP contribution in [-0.2, 0) is 4.79 Å². The first-order valence-corrected chi connectivity index (χ1v) is 8.61. The van der Waals surface area contributed by atoms with Crippen molar-refractivity contribution in [2.75, 3.05) is 13.7 Å². The van der Waals surface area contributed by atoms with Crippen LogP contribution >= 0.6 is 0 Å². The molecule has 5 nitrogen and oxygen atoms in total. The van der Waals surface area contributed by atoms with Crippen molar-refractivity contribution in [3.05, 3.63) is 23.8 Å². The second-order valence-corrected chi connectivity index (χ2v) is 6.98. The van der Waals surface area contributed by atoms with Crippen LogP contribution in [0.3, 0.4) is 0 Å². The number of amides is 1. The van der Waals surface area contributed by atoms with E-state index in [1.807, 2.05) is 32.0 Å². The summed E-state index contributed by atoms with van der Waals surface area (Å²) in [5.41, 5.74) is 6.18. The van der Waals surface area contributed by atoms with Crippen LogP contribution in [0.5, 0.6) is 11.5 Å². The lowest BCUT2D eigenvalue weighted by molar-refractivity contribution is -0.126. The van der Waals surface area contributed by atoms with Gasteiger partial charge in [0.25, 0.3) is 0 Å². The molecule has 0 aliphatic heterocycles. The molecule has 2 atom stereocenters. The van der Waals surface area contributed by atoms with Gasteiger partial charge in [0.15, 0.2) is 11.5 Å². The quantitative estimate of drug-likeness (QED) is 0.724. The minimum absolute atomic E-state index is 0.143. The summed E-state index contributed by atoms with van der Waals surface area (Å²) in [6.45, 7) is 10.5. The van der Waals surface area contributed by atoms with Gasteiger partial charge in [0, 0.05) is 0 Å². The molecule has 1 amide bonds. The van der Waals surface area contributed by atoms with E-state index in [2.05, 4.69) is 19.2 Å². The normalized spacial score (nSPS) is 14.8. The van der Waals surface area contributed by atoms with Crippen molar-refractivity contribution < 1.29 is 14.3 Å². The van der Waals surface area contributed by atoms with Crippen LogP contribution < -0.4 is 20.5 Å².